The van der Waals surface area contributed by atoms with E-state index in [2.05, 4.69) is 15.0 Å². The topological polar surface area (TPSA) is 79.5 Å². The summed E-state index contributed by atoms with van der Waals surface area (Å²) in [4.78, 5) is 6.25. The summed E-state index contributed by atoms with van der Waals surface area (Å²) in [6.07, 6.45) is 0. The summed E-state index contributed by atoms with van der Waals surface area (Å²) in [5.74, 6) is 0.638. The van der Waals surface area contributed by atoms with E-state index < -0.39 is 10.0 Å². The van der Waals surface area contributed by atoms with Crippen LogP contribution in [0.5, 0.6) is 0 Å². The molecule has 1 aliphatic rings. The minimum atomic E-state index is -3.41. The van der Waals surface area contributed by atoms with Crippen molar-refractivity contribution in [1.29, 1.82) is 0 Å². The van der Waals surface area contributed by atoms with Gasteiger partial charge in [-0.2, -0.15) is 9.29 Å². The Morgan fingerprint density at radius 2 is 1.83 bits per heavy atom. The molecule has 0 aliphatic carbocycles. The van der Waals surface area contributed by atoms with E-state index in [1.54, 1.807) is 6.92 Å². The lowest BCUT2D eigenvalue weighted by molar-refractivity contribution is 0.176. The van der Waals surface area contributed by atoms with Crippen LogP contribution in [0.4, 0.5) is 4.39 Å². The molecule has 0 saturated carbocycles. The van der Waals surface area contributed by atoms with Gasteiger partial charge in [0.2, 0.25) is 15.9 Å². The fourth-order valence-corrected chi connectivity index (χ4v) is 4.17. The molecule has 0 amide bonds. The monoisotopic (exact) mass is 354 g/mol. The molecule has 0 radical (unpaired) electrons. The van der Waals surface area contributed by atoms with Crippen LogP contribution in [0.1, 0.15) is 17.3 Å². The maximum absolute atomic E-state index is 12.9. The first-order valence-corrected chi connectivity index (χ1v) is 9.27. The lowest BCUT2D eigenvalue weighted by atomic mass is 10.2. The Bertz CT molecular complexity index is 783. The van der Waals surface area contributed by atoms with Crippen molar-refractivity contribution in [3.63, 3.8) is 0 Å². The molecule has 9 heteroatoms. The second kappa shape index (κ2) is 6.96. The lowest BCUT2D eigenvalue weighted by Gasteiger charge is -2.33. The number of sulfonamides is 1. The largest absolute Gasteiger partial charge is 0.340 e. The van der Waals surface area contributed by atoms with Crippen molar-refractivity contribution < 1.29 is 17.3 Å². The minimum absolute atomic E-state index is 0.114. The molecular formula is C15H19FN4O3S. The summed E-state index contributed by atoms with van der Waals surface area (Å²) in [7, 11) is -3.41. The van der Waals surface area contributed by atoms with Crippen LogP contribution in [0.25, 0.3) is 0 Å². The van der Waals surface area contributed by atoms with E-state index >= 15 is 0 Å². The van der Waals surface area contributed by atoms with Crippen molar-refractivity contribution in [2.75, 3.05) is 26.2 Å². The molecule has 7 nitrogen and oxygen atoms in total. The zero-order valence-electron chi connectivity index (χ0n) is 13.4. The summed E-state index contributed by atoms with van der Waals surface area (Å²) in [6, 6.07) is 5.55. The number of rotatable bonds is 5. The number of hydrogen-bond acceptors (Lipinski definition) is 6. The average Bonchev–Trinajstić information content (AvgIpc) is 2.95. The Kier molecular flexibility index (Phi) is 4.93. The van der Waals surface area contributed by atoms with Gasteiger partial charge in [-0.25, -0.2) is 12.8 Å². The number of halogens is 1. The number of benzene rings is 1. The van der Waals surface area contributed by atoms with E-state index in [9.17, 15) is 12.8 Å². The van der Waals surface area contributed by atoms with Gasteiger partial charge in [-0.15, -0.1) is 0 Å². The average molecular weight is 354 g/mol. The van der Waals surface area contributed by atoms with Crippen LogP contribution < -0.4 is 0 Å². The minimum Gasteiger partial charge on any atom is -0.340 e. The smallest absolute Gasteiger partial charge is 0.223 e. The predicted octanol–water partition coefficient (Wildman–Crippen LogP) is 1.16. The van der Waals surface area contributed by atoms with E-state index in [0.29, 0.717) is 50.0 Å². The number of aromatic nitrogens is 2. The Labute approximate surface area is 140 Å². The summed E-state index contributed by atoms with van der Waals surface area (Å²) < 4.78 is 44.3. The van der Waals surface area contributed by atoms with Crippen LogP contribution in [-0.4, -0.2) is 53.9 Å². The van der Waals surface area contributed by atoms with Gasteiger partial charge < -0.3 is 4.52 Å². The van der Waals surface area contributed by atoms with Crippen LogP contribution in [0.2, 0.25) is 0 Å². The Balaban J connectivity index is 1.56. The molecule has 0 bridgehead atoms. The fourth-order valence-electron chi connectivity index (χ4n) is 2.65. The molecule has 1 aromatic carbocycles. The summed E-state index contributed by atoms with van der Waals surface area (Å²) in [6.45, 7) is 4.33. The molecule has 1 saturated heterocycles. The van der Waals surface area contributed by atoms with Crippen molar-refractivity contribution in [2.24, 2.45) is 0 Å². The highest BCUT2D eigenvalue weighted by Crippen LogP contribution is 2.15. The molecule has 3 rings (SSSR count). The summed E-state index contributed by atoms with van der Waals surface area (Å²) in [5, 5.41) is 3.85. The van der Waals surface area contributed by atoms with Crippen molar-refractivity contribution in [3.8, 4) is 0 Å². The number of aryl methyl sites for hydroxylation is 1. The third kappa shape index (κ3) is 4.16. The number of hydrogen-bond donors (Lipinski definition) is 0. The molecule has 1 fully saturated rings. The van der Waals surface area contributed by atoms with E-state index in [1.807, 2.05) is 0 Å². The predicted molar refractivity (Wildman–Crippen MR) is 84.9 cm³/mol. The highest BCUT2D eigenvalue weighted by Gasteiger charge is 2.27. The SMILES string of the molecule is Cc1nc(CN2CCN(S(=O)(=O)Cc3ccc(F)cc3)CC2)no1. The molecule has 1 aliphatic heterocycles. The highest BCUT2D eigenvalue weighted by molar-refractivity contribution is 7.88. The van der Waals surface area contributed by atoms with Crippen molar-refractivity contribution >= 4 is 10.0 Å². The van der Waals surface area contributed by atoms with E-state index in [-0.39, 0.29) is 11.6 Å². The first-order chi connectivity index (χ1) is 11.4. The van der Waals surface area contributed by atoms with Crippen LogP contribution in [0, 0.1) is 12.7 Å². The van der Waals surface area contributed by atoms with E-state index in [4.69, 9.17) is 4.52 Å². The summed E-state index contributed by atoms with van der Waals surface area (Å²) in [5.41, 5.74) is 0.584. The summed E-state index contributed by atoms with van der Waals surface area (Å²) >= 11 is 0. The van der Waals surface area contributed by atoms with E-state index in [0.717, 1.165) is 0 Å². The van der Waals surface area contributed by atoms with Gasteiger partial charge in [-0.1, -0.05) is 17.3 Å². The Hall–Kier alpha value is -1.84. The first kappa shape index (κ1) is 17.0. The quantitative estimate of drug-likeness (QED) is 0.802. The molecule has 0 N–H and O–H groups in total. The molecule has 1 aromatic heterocycles. The molecule has 2 heterocycles. The van der Waals surface area contributed by atoms with Gasteiger partial charge in [0.15, 0.2) is 5.82 Å². The first-order valence-electron chi connectivity index (χ1n) is 7.66. The Morgan fingerprint density at radius 1 is 1.17 bits per heavy atom. The molecular weight excluding hydrogens is 335 g/mol. The third-order valence-corrected chi connectivity index (χ3v) is 5.77. The van der Waals surface area contributed by atoms with Gasteiger partial charge >= 0.3 is 0 Å². The van der Waals surface area contributed by atoms with Crippen LogP contribution in [-0.2, 0) is 22.3 Å². The fraction of sp³-hybridized carbons (Fsp3) is 0.467. The molecule has 130 valence electrons. The molecule has 2 aromatic rings. The van der Waals surface area contributed by atoms with Gasteiger partial charge in [-0.05, 0) is 17.7 Å². The third-order valence-electron chi connectivity index (χ3n) is 3.92. The molecule has 0 unspecified atom stereocenters. The maximum atomic E-state index is 12.9. The van der Waals surface area contributed by atoms with Crippen molar-refractivity contribution in [3.05, 3.63) is 47.4 Å². The van der Waals surface area contributed by atoms with Crippen molar-refractivity contribution in [2.45, 2.75) is 19.2 Å². The van der Waals surface area contributed by atoms with Crippen LogP contribution in [0.15, 0.2) is 28.8 Å². The Morgan fingerprint density at radius 3 is 2.42 bits per heavy atom. The normalized spacial score (nSPS) is 17.2. The number of piperazine rings is 1. The van der Waals surface area contributed by atoms with Crippen molar-refractivity contribution in [1.82, 2.24) is 19.3 Å². The standard InChI is InChI=1S/C15H19FN4O3S/c1-12-17-15(18-23-12)10-19-6-8-20(9-7-19)24(21,22)11-13-2-4-14(16)5-3-13/h2-5H,6-11H2,1H3. The molecule has 0 atom stereocenters. The zero-order chi connectivity index (χ0) is 17.2. The van der Waals surface area contributed by atoms with Gasteiger partial charge in [0.05, 0.1) is 12.3 Å². The van der Waals surface area contributed by atoms with Crippen LogP contribution >= 0.6 is 0 Å². The van der Waals surface area contributed by atoms with Gasteiger partial charge in [0.25, 0.3) is 0 Å². The van der Waals surface area contributed by atoms with E-state index in [1.165, 1.54) is 28.6 Å². The highest BCUT2D eigenvalue weighted by atomic mass is 32.2. The second-order valence-electron chi connectivity index (χ2n) is 5.79. The molecule has 24 heavy (non-hydrogen) atoms. The van der Waals surface area contributed by atoms with Gasteiger partial charge in [0.1, 0.15) is 5.82 Å². The van der Waals surface area contributed by atoms with Crippen LogP contribution in [0.3, 0.4) is 0 Å². The number of nitrogens with zero attached hydrogens (tertiary/aromatic N) is 4. The molecule has 0 spiro atoms. The second-order valence-corrected chi connectivity index (χ2v) is 7.76. The van der Waals surface area contributed by atoms with Gasteiger partial charge in [0, 0.05) is 33.1 Å². The lowest BCUT2D eigenvalue weighted by Crippen LogP contribution is -2.48. The van der Waals surface area contributed by atoms with Gasteiger partial charge in [-0.3, -0.25) is 4.90 Å². The maximum Gasteiger partial charge on any atom is 0.223 e. The zero-order valence-corrected chi connectivity index (χ0v) is 14.2.